The zero-order valence-corrected chi connectivity index (χ0v) is 14.6. The SMILES string of the molecule is CC(NC(=O)Nc1ccc(S(C)(=O)=O)cc1)c1cc2ccccc2o1. The van der Waals surface area contributed by atoms with E-state index in [4.69, 9.17) is 4.42 Å². The van der Waals surface area contributed by atoms with E-state index in [2.05, 4.69) is 10.6 Å². The number of carbonyl (C=O) groups is 1. The third-order valence-corrected chi connectivity index (χ3v) is 4.89. The van der Waals surface area contributed by atoms with Crippen LogP contribution in [0.25, 0.3) is 11.0 Å². The van der Waals surface area contributed by atoms with Crippen molar-refractivity contribution in [3.63, 3.8) is 0 Å². The predicted molar refractivity (Wildman–Crippen MR) is 96.3 cm³/mol. The van der Waals surface area contributed by atoms with E-state index < -0.39 is 15.9 Å². The molecule has 0 saturated carbocycles. The Hall–Kier alpha value is -2.80. The molecule has 2 N–H and O–H groups in total. The first kappa shape index (κ1) is 17.0. The fraction of sp³-hybridized carbons (Fsp3) is 0.167. The minimum Gasteiger partial charge on any atom is -0.459 e. The second kappa shape index (κ2) is 6.60. The van der Waals surface area contributed by atoms with Crippen LogP contribution in [0.3, 0.4) is 0 Å². The fourth-order valence-electron chi connectivity index (χ4n) is 2.44. The number of anilines is 1. The first-order valence-electron chi connectivity index (χ1n) is 7.69. The van der Waals surface area contributed by atoms with E-state index in [1.54, 1.807) is 12.1 Å². The number of para-hydroxylation sites is 1. The normalized spacial score (nSPS) is 12.7. The second-order valence-corrected chi connectivity index (χ2v) is 7.82. The standard InChI is InChI=1S/C18H18N2O4S/c1-12(17-11-13-5-3-4-6-16(13)24-17)19-18(21)20-14-7-9-15(10-8-14)25(2,22)23/h3-12H,1-2H3,(H2,19,20,21). The van der Waals surface area contributed by atoms with Crippen LogP contribution in [0.15, 0.2) is 63.9 Å². The maximum atomic E-state index is 12.1. The van der Waals surface area contributed by atoms with E-state index >= 15 is 0 Å². The highest BCUT2D eigenvalue weighted by Gasteiger charge is 2.14. The van der Waals surface area contributed by atoms with Gasteiger partial charge in [-0.05, 0) is 43.3 Å². The predicted octanol–water partition coefficient (Wildman–Crippen LogP) is 3.72. The maximum Gasteiger partial charge on any atom is 0.319 e. The number of amides is 2. The smallest absolute Gasteiger partial charge is 0.319 e. The van der Waals surface area contributed by atoms with E-state index in [0.29, 0.717) is 11.4 Å². The summed E-state index contributed by atoms with van der Waals surface area (Å²) in [4.78, 5) is 12.3. The summed E-state index contributed by atoms with van der Waals surface area (Å²) in [7, 11) is -3.26. The van der Waals surface area contributed by atoms with Gasteiger partial charge < -0.3 is 15.1 Å². The van der Waals surface area contributed by atoms with Crippen molar-refractivity contribution in [1.82, 2.24) is 5.32 Å². The van der Waals surface area contributed by atoms with Crippen molar-refractivity contribution in [1.29, 1.82) is 0 Å². The number of nitrogens with one attached hydrogen (secondary N) is 2. The van der Waals surface area contributed by atoms with Crippen molar-refractivity contribution in [2.24, 2.45) is 0 Å². The molecule has 0 bridgehead atoms. The van der Waals surface area contributed by atoms with Gasteiger partial charge >= 0.3 is 6.03 Å². The monoisotopic (exact) mass is 358 g/mol. The lowest BCUT2D eigenvalue weighted by Gasteiger charge is -2.12. The molecule has 1 unspecified atom stereocenters. The molecule has 0 spiro atoms. The number of benzene rings is 2. The summed E-state index contributed by atoms with van der Waals surface area (Å²) < 4.78 is 28.6. The van der Waals surface area contributed by atoms with Crippen LogP contribution in [0.2, 0.25) is 0 Å². The van der Waals surface area contributed by atoms with Gasteiger partial charge in [0.05, 0.1) is 10.9 Å². The number of carbonyl (C=O) groups excluding carboxylic acids is 1. The Morgan fingerprint density at radius 2 is 1.76 bits per heavy atom. The molecular formula is C18H18N2O4S. The van der Waals surface area contributed by atoms with Gasteiger partial charge in [-0.1, -0.05) is 18.2 Å². The molecule has 1 aromatic heterocycles. The van der Waals surface area contributed by atoms with Crippen molar-refractivity contribution in [2.75, 3.05) is 11.6 Å². The number of hydrogen-bond acceptors (Lipinski definition) is 4. The molecule has 130 valence electrons. The van der Waals surface area contributed by atoms with Crippen LogP contribution in [0.5, 0.6) is 0 Å². The Kier molecular flexibility index (Phi) is 4.50. The number of rotatable bonds is 4. The lowest BCUT2D eigenvalue weighted by atomic mass is 10.2. The van der Waals surface area contributed by atoms with Gasteiger partial charge in [-0.3, -0.25) is 0 Å². The number of hydrogen-bond donors (Lipinski definition) is 2. The van der Waals surface area contributed by atoms with E-state index in [1.165, 1.54) is 12.1 Å². The maximum absolute atomic E-state index is 12.1. The first-order valence-corrected chi connectivity index (χ1v) is 9.58. The molecule has 0 saturated heterocycles. The van der Waals surface area contributed by atoms with Crippen LogP contribution in [-0.4, -0.2) is 20.7 Å². The topological polar surface area (TPSA) is 88.4 Å². The summed E-state index contributed by atoms with van der Waals surface area (Å²) in [6.07, 6.45) is 1.14. The summed E-state index contributed by atoms with van der Waals surface area (Å²) in [5.74, 6) is 0.656. The Morgan fingerprint density at radius 1 is 1.08 bits per heavy atom. The van der Waals surface area contributed by atoms with E-state index in [0.717, 1.165) is 17.2 Å². The van der Waals surface area contributed by atoms with Crippen molar-refractivity contribution in [3.05, 3.63) is 60.4 Å². The minimum atomic E-state index is -3.26. The molecule has 0 aliphatic rings. The van der Waals surface area contributed by atoms with Gasteiger partial charge in [-0.25, -0.2) is 13.2 Å². The molecule has 25 heavy (non-hydrogen) atoms. The second-order valence-electron chi connectivity index (χ2n) is 5.80. The zero-order valence-electron chi connectivity index (χ0n) is 13.8. The number of furan rings is 1. The lowest BCUT2D eigenvalue weighted by molar-refractivity contribution is 0.248. The number of sulfone groups is 1. The molecule has 3 aromatic rings. The van der Waals surface area contributed by atoms with E-state index in [-0.39, 0.29) is 10.9 Å². The summed E-state index contributed by atoms with van der Waals surface area (Å²) in [5, 5.41) is 6.43. The summed E-state index contributed by atoms with van der Waals surface area (Å²) in [6, 6.07) is 14.8. The highest BCUT2D eigenvalue weighted by Crippen LogP contribution is 2.23. The molecule has 3 rings (SSSR count). The quantitative estimate of drug-likeness (QED) is 0.744. The van der Waals surface area contributed by atoms with Crippen LogP contribution in [-0.2, 0) is 9.84 Å². The molecule has 0 aliphatic carbocycles. The summed E-state index contributed by atoms with van der Waals surface area (Å²) in [5.41, 5.74) is 1.27. The Morgan fingerprint density at radius 3 is 2.40 bits per heavy atom. The van der Waals surface area contributed by atoms with Gasteiger partial charge in [0.15, 0.2) is 9.84 Å². The molecule has 0 radical (unpaired) electrons. The van der Waals surface area contributed by atoms with Gasteiger partial charge in [0.2, 0.25) is 0 Å². The highest BCUT2D eigenvalue weighted by atomic mass is 32.2. The zero-order chi connectivity index (χ0) is 18.0. The van der Waals surface area contributed by atoms with Gasteiger partial charge in [0, 0.05) is 17.3 Å². The molecule has 1 atom stereocenters. The van der Waals surface area contributed by atoms with Crippen LogP contribution < -0.4 is 10.6 Å². The largest absolute Gasteiger partial charge is 0.459 e. The molecule has 2 amide bonds. The summed E-state index contributed by atoms with van der Waals surface area (Å²) in [6.45, 7) is 1.82. The first-order chi connectivity index (χ1) is 11.8. The lowest BCUT2D eigenvalue weighted by Crippen LogP contribution is -2.30. The minimum absolute atomic E-state index is 0.203. The molecule has 0 fully saturated rings. The molecule has 0 aliphatic heterocycles. The van der Waals surface area contributed by atoms with Crippen molar-refractivity contribution < 1.29 is 17.6 Å². The van der Waals surface area contributed by atoms with E-state index in [1.807, 2.05) is 37.3 Å². The third kappa shape index (κ3) is 4.00. The third-order valence-electron chi connectivity index (χ3n) is 3.76. The molecule has 1 heterocycles. The average molecular weight is 358 g/mol. The van der Waals surface area contributed by atoms with Crippen LogP contribution in [0.4, 0.5) is 10.5 Å². The van der Waals surface area contributed by atoms with Gasteiger partial charge in [-0.15, -0.1) is 0 Å². The van der Waals surface area contributed by atoms with Crippen LogP contribution in [0, 0.1) is 0 Å². The Labute approximate surface area is 145 Å². The van der Waals surface area contributed by atoms with Gasteiger partial charge in [0.25, 0.3) is 0 Å². The Bertz CT molecular complexity index is 974. The summed E-state index contributed by atoms with van der Waals surface area (Å²) >= 11 is 0. The van der Waals surface area contributed by atoms with Crippen molar-refractivity contribution in [2.45, 2.75) is 17.9 Å². The van der Waals surface area contributed by atoms with Gasteiger partial charge in [0.1, 0.15) is 11.3 Å². The number of urea groups is 1. The van der Waals surface area contributed by atoms with Crippen molar-refractivity contribution in [3.8, 4) is 0 Å². The van der Waals surface area contributed by atoms with Crippen LogP contribution in [0.1, 0.15) is 18.7 Å². The van der Waals surface area contributed by atoms with Crippen LogP contribution >= 0.6 is 0 Å². The number of fused-ring (bicyclic) bond motifs is 1. The molecule has 7 heteroatoms. The molecular weight excluding hydrogens is 340 g/mol. The molecule has 2 aromatic carbocycles. The van der Waals surface area contributed by atoms with Crippen molar-refractivity contribution >= 4 is 32.5 Å². The van der Waals surface area contributed by atoms with Gasteiger partial charge in [-0.2, -0.15) is 0 Å². The highest BCUT2D eigenvalue weighted by molar-refractivity contribution is 7.90. The molecule has 6 nitrogen and oxygen atoms in total. The fourth-order valence-corrected chi connectivity index (χ4v) is 3.07. The average Bonchev–Trinajstić information content (AvgIpc) is 2.98. The Balaban J connectivity index is 1.65. The van der Waals surface area contributed by atoms with E-state index in [9.17, 15) is 13.2 Å².